The summed E-state index contributed by atoms with van der Waals surface area (Å²) in [7, 11) is 0. The van der Waals surface area contributed by atoms with Crippen LogP contribution in [0.2, 0.25) is 0 Å². The minimum atomic E-state index is -0.394. The predicted molar refractivity (Wildman–Crippen MR) is 101 cm³/mol. The van der Waals surface area contributed by atoms with E-state index in [-0.39, 0.29) is 24.1 Å². The van der Waals surface area contributed by atoms with E-state index in [0.29, 0.717) is 10.5 Å². The molecule has 0 radical (unpaired) electrons. The Bertz CT molecular complexity index is 875. The fourth-order valence-corrected chi connectivity index (χ4v) is 4.46. The number of rotatable bonds is 5. The second-order valence-corrected chi connectivity index (χ2v) is 8.32. The quantitative estimate of drug-likeness (QED) is 0.504. The highest BCUT2D eigenvalue weighted by atomic mass is 32.2. The van der Waals surface area contributed by atoms with Crippen LogP contribution < -0.4 is 10.9 Å². The molecular weight excluding hydrogens is 342 g/mol. The third-order valence-electron chi connectivity index (χ3n) is 3.74. The van der Waals surface area contributed by atoms with Gasteiger partial charge in [-0.2, -0.15) is 0 Å². The van der Waals surface area contributed by atoms with Gasteiger partial charge in [-0.15, -0.1) is 17.8 Å². The number of carbonyl (C=O) groups is 1. The molecule has 0 saturated carbocycles. The minimum Gasteiger partial charge on any atom is -0.344 e. The average Bonchev–Trinajstić information content (AvgIpc) is 2.79. The number of aryl methyl sites for hydroxylation is 2. The summed E-state index contributed by atoms with van der Waals surface area (Å²) in [5.74, 6) is 2.21. The standard InChI is InChI=1S/C17H21N3O2S2/c1-7-8-18-14(21)12(6)24-17-19-15-13(10(4)11(5)23-15)16(22)20(17)9(2)3/h1,9,12H,8H2,2-6H3,(H,18,21). The summed E-state index contributed by atoms with van der Waals surface area (Å²) in [5.41, 5.74) is 0.939. The van der Waals surface area contributed by atoms with Gasteiger partial charge in [0.25, 0.3) is 5.56 Å². The van der Waals surface area contributed by atoms with Crippen LogP contribution in [0.5, 0.6) is 0 Å². The lowest BCUT2D eigenvalue weighted by Gasteiger charge is -2.17. The summed E-state index contributed by atoms with van der Waals surface area (Å²) >= 11 is 2.79. The van der Waals surface area contributed by atoms with Crippen LogP contribution in [0.4, 0.5) is 0 Å². The van der Waals surface area contributed by atoms with Crippen LogP contribution in [0.15, 0.2) is 9.95 Å². The van der Waals surface area contributed by atoms with E-state index in [1.807, 2.05) is 27.7 Å². The van der Waals surface area contributed by atoms with Crippen molar-refractivity contribution in [1.29, 1.82) is 0 Å². The number of hydrogen-bond acceptors (Lipinski definition) is 5. The molecule has 0 aliphatic carbocycles. The highest BCUT2D eigenvalue weighted by Gasteiger charge is 2.22. The van der Waals surface area contributed by atoms with Gasteiger partial charge in [-0.3, -0.25) is 14.2 Å². The van der Waals surface area contributed by atoms with E-state index in [0.717, 1.165) is 15.3 Å². The number of hydrogen-bond donors (Lipinski definition) is 1. The number of nitrogens with zero attached hydrogens (tertiary/aromatic N) is 2. The average molecular weight is 364 g/mol. The summed E-state index contributed by atoms with van der Waals surface area (Å²) in [6, 6.07) is -0.0440. The van der Waals surface area contributed by atoms with Crippen molar-refractivity contribution in [2.24, 2.45) is 0 Å². The number of nitrogens with one attached hydrogen (secondary N) is 1. The molecule has 1 N–H and O–H groups in total. The summed E-state index contributed by atoms with van der Waals surface area (Å²) in [4.78, 5) is 31.5. The van der Waals surface area contributed by atoms with Crippen molar-refractivity contribution < 1.29 is 4.79 Å². The Labute approximate surface area is 149 Å². The van der Waals surface area contributed by atoms with Gasteiger partial charge in [0.2, 0.25) is 5.91 Å². The molecule has 0 spiro atoms. The van der Waals surface area contributed by atoms with Crippen LogP contribution >= 0.6 is 23.1 Å². The molecule has 2 heterocycles. The number of terminal acetylenes is 1. The van der Waals surface area contributed by atoms with Crippen molar-refractivity contribution in [2.75, 3.05) is 6.54 Å². The smallest absolute Gasteiger partial charge is 0.263 e. The number of amides is 1. The van der Waals surface area contributed by atoms with Gasteiger partial charge in [0, 0.05) is 10.9 Å². The van der Waals surface area contributed by atoms with Crippen molar-refractivity contribution >= 4 is 39.2 Å². The molecule has 7 heteroatoms. The molecule has 1 atom stereocenters. The Kier molecular flexibility index (Phi) is 5.73. The highest BCUT2D eigenvalue weighted by molar-refractivity contribution is 8.00. The van der Waals surface area contributed by atoms with E-state index < -0.39 is 5.25 Å². The van der Waals surface area contributed by atoms with Gasteiger partial charge in [-0.25, -0.2) is 4.98 Å². The zero-order valence-corrected chi connectivity index (χ0v) is 16.1. The van der Waals surface area contributed by atoms with Gasteiger partial charge < -0.3 is 5.32 Å². The fourth-order valence-electron chi connectivity index (χ4n) is 2.32. The van der Waals surface area contributed by atoms with Gasteiger partial charge >= 0.3 is 0 Å². The maximum absolute atomic E-state index is 12.9. The van der Waals surface area contributed by atoms with E-state index >= 15 is 0 Å². The largest absolute Gasteiger partial charge is 0.344 e. The fraction of sp³-hybridized carbons (Fsp3) is 0.471. The molecule has 1 amide bonds. The van der Waals surface area contributed by atoms with Crippen molar-refractivity contribution in [1.82, 2.24) is 14.9 Å². The molecule has 0 bridgehead atoms. The number of thiophene rings is 1. The van der Waals surface area contributed by atoms with Gasteiger partial charge in [-0.1, -0.05) is 17.7 Å². The normalized spacial score (nSPS) is 12.4. The highest BCUT2D eigenvalue weighted by Crippen LogP contribution is 2.30. The van der Waals surface area contributed by atoms with Crippen molar-refractivity contribution in [3.8, 4) is 12.3 Å². The Morgan fingerprint density at radius 1 is 1.42 bits per heavy atom. The first kappa shape index (κ1) is 18.6. The number of aromatic nitrogens is 2. The van der Waals surface area contributed by atoms with E-state index in [1.54, 1.807) is 11.5 Å². The first-order chi connectivity index (χ1) is 11.3. The van der Waals surface area contributed by atoms with Crippen LogP contribution in [0.1, 0.15) is 37.3 Å². The molecule has 2 aromatic heterocycles. The second-order valence-electron chi connectivity index (χ2n) is 5.81. The monoisotopic (exact) mass is 363 g/mol. The van der Waals surface area contributed by atoms with E-state index in [1.165, 1.54) is 23.1 Å². The Hall–Kier alpha value is -1.78. The molecule has 5 nitrogen and oxygen atoms in total. The lowest BCUT2D eigenvalue weighted by atomic mass is 10.2. The summed E-state index contributed by atoms with van der Waals surface area (Å²) in [6.45, 7) is 9.79. The summed E-state index contributed by atoms with van der Waals surface area (Å²) < 4.78 is 1.66. The molecule has 0 aliphatic rings. The van der Waals surface area contributed by atoms with Crippen LogP contribution in [0.3, 0.4) is 0 Å². The molecule has 2 rings (SSSR count). The molecule has 0 aromatic carbocycles. The van der Waals surface area contributed by atoms with Crippen LogP contribution in [0.25, 0.3) is 10.2 Å². The summed E-state index contributed by atoms with van der Waals surface area (Å²) in [6.07, 6.45) is 5.16. The van der Waals surface area contributed by atoms with Crippen molar-refractivity contribution in [3.05, 3.63) is 20.8 Å². The summed E-state index contributed by atoms with van der Waals surface area (Å²) in [5, 5.41) is 3.51. The van der Waals surface area contributed by atoms with Gasteiger partial charge in [0.15, 0.2) is 5.16 Å². The maximum Gasteiger partial charge on any atom is 0.263 e. The molecular formula is C17H21N3O2S2. The second kappa shape index (κ2) is 7.41. The molecule has 0 saturated heterocycles. The number of carbonyl (C=O) groups excluding carboxylic acids is 1. The first-order valence-electron chi connectivity index (χ1n) is 7.68. The van der Waals surface area contributed by atoms with Gasteiger partial charge in [-0.05, 0) is 40.2 Å². The van der Waals surface area contributed by atoms with Crippen molar-refractivity contribution in [3.63, 3.8) is 0 Å². The maximum atomic E-state index is 12.9. The molecule has 24 heavy (non-hydrogen) atoms. The zero-order valence-electron chi connectivity index (χ0n) is 14.5. The van der Waals surface area contributed by atoms with Crippen LogP contribution in [0, 0.1) is 26.2 Å². The van der Waals surface area contributed by atoms with Crippen molar-refractivity contribution in [2.45, 2.75) is 51.1 Å². The number of fused-ring (bicyclic) bond motifs is 1. The third-order valence-corrected chi connectivity index (χ3v) is 5.90. The van der Waals surface area contributed by atoms with Gasteiger partial charge in [0.1, 0.15) is 4.83 Å². The Balaban J connectivity index is 2.50. The molecule has 0 aliphatic heterocycles. The lowest BCUT2D eigenvalue weighted by Crippen LogP contribution is -2.32. The topological polar surface area (TPSA) is 64.0 Å². The zero-order chi connectivity index (χ0) is 18.0. The van der Waals surface area contributed by atoms with Crippen LogP contribution in [-0.4, -0.2) is 27.3 Å². The van der Waals surface area contributed by atoms with Gasteiger partial charge in [0.05, 0.1) is 17.2 Å². The first-order valence-corrected chi connectivity index (χ1v) is 9.37. The van der Waals surface area contributed by atoms with E-state index in [2.05, 4.69) is 16.2 Å². The predicted octanol–water partition coefficient (Wildman–Crippen LogP) is 2.89. The molecule has 2 aromatic rings. The van der Waals surface area contributed by atoms with Crippen LogP contribution in [-0.2, 0) is 4.79 Å². The van der Waals surface area contributed by atoms with E-state index in [9.17, 15) is 9.59 Å². The lowest BCUT2D eigenvalue weighted by molar-refractivity contribution is -0.120. The molecule has 1 unspecified atom stereocenters. The Morgan fingerprint density at radius 3 is 2.67 bits per heavy atom. The Morgan fingerprint density at radius 2 is 2.08 bits per heavy atom. The molecule has 128 valence electrons. The SMILES string of the molecule is C#CCNC(=O)C(C)Sc1nc2sc(C)c(C)c2c(=O)n1C(C)C. The molecule has 0 fully saturated rings. The number of thioether (sulfide) groups is 1. The third kappa shape index (κ3) is 3.50. The minimum absolute atomic E-state index is 0.0440. The van der Waals surface area contributed by atoms with E-state index in [4.69, 9.17) is 6.42 Å².